The summed E-state index contributed by atoms with van der Waals surface area (Å²) in [6.07, 6.45) is 10.9. The number of aliphatic hydroxyl groups excluding tert-OH is 1. The van der Waals surface area contributed by atoms with Gasteiger partial charge >= 0.3 is 0 Å². The number of para-hydroxylation sites is 1. The summed E-state index contributed by atoms with van der Waals surface area (Å²) in [7, 11) is 0. The zero-order valence-electron chi connectivity index (χ0n) is 19.2. The van der Waals surface area contributed by atoms with E-state index in [1.54, 1.807) is 0 Å². The fourth-order valence-electron chi connectivity index (χ4n) is 4.66. The van der Waals surface area contributed by atoms with Crippen LogP contribution in [0.5, 0.6) is 0 Å². The molecule has 0 saturated heterocycles. The average molecular weight is 462 g/mol. The van der Waals surface area contributed by atoms with E-state index in [4.69, 9.17) is 0 Å². The Hall–Kier alpha value is -2.79. The van der Waals surface area contributed by atoms with Gasteiger partial charge in [-0.1, -0.05) is 76.5 Å². The Bertz CT molecular complexity index is 1180. The molecule has 0 spiro atoms. The topological polar surface area (TPSA) is 67.3 Å². The lowest BCUT2D eigenvalue weighted by Gasteiger charge is -2.21. The Morgan fingerprint density at radius 2 is 1.55 bits per heavy atom. The van der Waals surface area contributed by atoms with E-state index < -0.39 is 11.6 Å². The number of Topliss-reactive ketones (excluding diaryl/α,β-unsaturated/α-hetero) is 2. The maximum absolute atomic E-state index is 13.3. The standard InChI is InChI=1S/C28H31NO3S/c1-2-3-4-5-6-7-8-9-10-14-21-26(30)25-24(28(32)27(21)31)23(19-16-17-33-18-19)20-13-11-12-15-22(20)29-25/h11-13,15-18,30H,2-10,14H2,1H3. The molecule has 33 heavy (non-hydrogen) atoms. The smallest absolute Gasteiger partial charge is 0.236 e. The first kappa shape index (κ1) is 23.4. The molecule has 1 N–H and O–H groups in total. The molecule has 4 rings (SSSR count). The van der Waals surface area contributed by atoms with Crippen LogP contribution in [0, 0.1) is 0 Å². The molecule has 0 bridgehead atoms. The van der Waals surface area contributed by atoms with E-state index in [1.165, 1.54) is 49.9 Å². The number of carbonyl (C=O) groups is 2. The van der Waals surface area contributed by atoms with Crippen molar-refractivity contribution < 1.29 is 14.7 Å². The number of hydrogen-bond donors (Lipinski definition) is 1. The molecule has 0 aliphatic heterocycles. The highest BCUT2D eigenvalue weighted by molar-refractivity contribution is 7.08. The molecule has 0 amide bonds. The van der Waals surface area contributed by atoms with Gasteiger partial charge in [0.25, 0.3) is 0 Å². The van der Waals surface area contributed by atoms with Crippen molar-refractivity contribution in [1.82, 2.24) is 4.98 Å². The number of pyridine rings is 1. The van der Waals surface area contributed by atoms with Crippen molar-refractivity contribution in [2.45, 2.75) is 71.1 Å². The van der Waals surface area contributed by atoms with Crippen LogP contribution >= 0.6 is 11.3 Å². The lowest BCUT2D eigenvalue weighted by Crippen LogP contribution is -2.26. The van der Waals surface area contributed by atoms with E-state index in [0.29, 0.717) is 17.5 Å². The third-order valence-corrected chi connectivity index (χ3v) is 7.13. The van der Waals surface area contributed by atoms with E-state index in [9.17, 15) is 14.7 Å². The molecule has 0 unspecified atom stereocenters. The predicted molar refractivity (Wildman–Crippen MR) is 136 cm³/mol. The third kappa shape index (κ3) is 4.93. The second-order valence-corrected chi connectivity index (χ2v) is 9.58. The van der Waals surface area contributed by atoms with Gasteiger partial charge in [-0.3, -0.25) is 9.59 Å². The van der Waals surface area contributed by atoms with Crippen LogP contribution in [-0.4, -0.2) is 21.7 Å². The summed E-state index contributed by atoms with van der Waals surface area (Å²) in [5.41, 5.74) is 2.94. The van der Waals surface area contributed by atoms with Crippen LogP contribution in [0.4, 0.5) is 0 Å². The van der Waals surface area contributed by atoms with Gasteiger partial charge in [-0.25, -0.2) is 4.98 Å². The second kappa shape index (κ2) is 10.9. The second-order valence-electron chi connectivity index (χ2n) is 8.80. The van der Waals surface area contributed by atoms with Crippen molar-refractivity contribution >= 4 is 39.6 Å². The van der Waals surface area contributed by atoms with Crippen molar-refractivity contribution in [3.8, 4) is 11.1 Å². The van der Waals surface area contributed by atoms with Crippen LogP contribution in [0.15, 0.2) is 46.7 Å². The number of carbonyl (C=O) groups excluding carboxylic acids is 2. The van der Waals surface area contributed by atoms with E-state index in [0.717, 1.165) is 30.2 Å². The molecular weight excluding hydrogens is 430 g/mol. The van der Waals surface area contributed by atoms with Crippen molar-refractivity contribution in [1.29, 1.82) is 0 Å². The molecule has 0 saturated carbocycles. The molecule has 2 aromatic heterocycles. The predicted octanol–water partition coefficient (Wildman–Crippen LogP) is 7.92. The lowest BCUT2D eigenvalue weighted by molar-refractivity contribution is -0.112. The van der Waals surface area contributed by atoms with E-state index >= 15 is 0 Å². The zero-order chi connectivity index (χ0) is 23.2. The van der Waals surface area contributed by atoms with Crippen LogP contribution in [0.3, 0.4) is 0 Å². The monoisotopic (exact) mass is 461 g/mol. The Labute approximate surface area is 199 Å². The molecule has 1 aliphatic rings. The van der Waals surface area contributed by atoms with Crippen molar-refractivity contribution in [2.24, 2.45) is 0 Å². The van der Waals surface area contributed by atoms with Gasteiger partial charge in [-0.2, -0.15) is 11.3 Å². The van der Waals surface area contributed by atoms with Crippen molar-refractivity contribution in [3.63, 3.8) is 0 Å². The fraction of sp³-hybridized carbons (Fsp3) is 0.393. The minimum Gasteiger partial charge on any atom is -0.505 e. The number of unbranched alkanes of at least 4 members (excludes halogenated alkanes) is 8. The fourth-order valence-corrected chi connectivity index (χ4v) is 5.30. The van der Waals surface area contributed by atoms with Gasteiger partial charge in [-0.05, 0) is 41.3 Å². The number of rotatable bonds is 11. The Morgan fingerprint density at radius 3 is 2.24 bits per heavy atom. The van der Waals surface area contributed by atoms with Gasteiger partial charge in [0.15, 0.2) is 0 Å². The molecule has 1 aromatic carbocycles. The van der Waals surface area contributed by atoms with E-state index in [1.807, 2.05) is 41.1 Å². The number of benzene rings is 1. The molecule has 5 heteroatoms. The number of ketones is 2. The minimum atomic E-state index is -0.590. The number of hydrogen-bond acceptors (Lipinski definition) is 5. The summed E-state index contributed by atoms with van der Waals surface area (Å²) < 4.78 is 0. The number of fused-ring (bicyclic) bond motifs is 2. The summed E-state index contributed by atoms with van der Waals surface area (Å²) >= 11 is 1.53. The van der Waals surface area contributed by atoms with Crippen molar-refractivity contribution in [3.05, 3.63) is 57.9 Å². The summed E-state index contributed by atoms with van der Waals surface area (Å²) in [6, 6.07) is 9.50. The van der Waals surface area contributed by atoms with Gasteiger partial charge in [0, 0.05) is 16.5 Å². The van der Waals surface area contributed by atoms with Crippen LogP contribution in [-0.2, 0) is 4.79 Å². The number of allylic oxidation sites excluding steroid dienone is 1. The summed E-state index contributed by atoms with van der Waals surface area (Å²) in [6.45, 7) is 2.22. The first-order valence-electron chi connectivity index (χ1n) is 12.1. The van der Waals surface area contributed by atoms with Gasteiger partial charge in [-0.15, -0.1) is 0 Å². The number of aromatic nitrogens is 1. The van der Waals surface area contributed by atoms with Crippen LogP contribution in [0.2, 0.25) is 0 Å². The Balaban J connectivity index is 1.56. The third-order valence-electron chi connectivity index (χ3n) is 6.45. The summed E-state index contributed by atoms with van der Waals surface area (Å²) in [4.78, 5) is 30.9. The molecule has 0 radical (unpaired) electrons. The van der Waals surface area contributed by atoms with Gasteiger partial charge in [0.2, 0.25) is 11.6 Å². The van der Waals surface area contributed by atoms with E-state index in [-0.39, 0.29) is 22.6 Å². The highest BCUT2D eigenvalue weighted by Crippen LogP contribution is 2.40. The van der Waals surface area contributed by atoms with Crippen LogP contribution in [0.1, 0.15) is 87.2 Å². The van der Waals surface area contributed by atoms with Gasteiger partial charge in [0.05, 0.1) is 11.1 Å². The largest absolute Gasteiger partial charge is 0.505 e. The van der Waals surface area contributed by atoms with Gasteiger partial charge in [0.1, 0.15) is 11.5 Å². The summed E-state index contributed by atoms with van der Waals surface area (Å²) in [5, 5.41) is 15.8. The zero-order valence-corrected chi connectivity index (χ0v) is 20.0. The maximum Gasteiger partial charge on any atom is 0.236 e. The number of aliphatic hydroxyl groups is 1. The normalized spacial score (nSPS) is 13.7. The molecular formula is C28H31NO3S. The lowest BCUT2D eigenvalue weighted by atomic mass is 9.83. The van der Waals surface area contributed by atoms with E-state index in [2.05, 4.69) is 11.9 Å². The van der Waals surface area contributed by atoms with Gasteiger partial charge < -0.3 is 5.11 Å². The minimum absolute atomic E-state index is 0.128. The summed E-state index contributed by atoms with van der Waals surface area (Å²) in [5.74, 6) is -1.28. The van der Waals surface area contributed by atoms with Crippen LogP contribution < -0.4 is 0 Å². The molecule has 2 heterocycles. The molecule has 3 aromatic rings. The molecule has 4 nitrogen and oxygen atoms in total. The first-order valence-corrected chi connectivity index (χ1v) is 13.0. The number of nitrogens with zero attached hydrogens (tertiary/aromatic N) is 1. The Kier molecular flexibility index (Phi) is 7.71. The number of thiophene rings is 1. The highest BCUT2D eigenvalue weighted by Gasteiger charge is 2.36. The molecule has 0 atom stereocenters. The maximum atomic E-state index is 13.3. The Morgan fingerprint density at radius 1 is 0.848 bits per heavy atom. The highest BCUT2D eigenvalue weighted by atomic mass is 32.1. The van der Waals surface area contributed by atoms with Crippen molar-refractivity contribution in [2.75, 3.05) is 0 Å². The quantitative estimate of drug-likeness (QED) is 0.233. The average Bonchev–Trinajstić information content (AvgIpc) is 3.36. The van der Waals surface area contributed by atoms with Crippen LogP contribution in [0.25, 0.3) is 27.8 Å². The first-order chi connectivity index (χ1) is 16.1. The molecule has 1 aliphatic carbocycles. The molecule has 0 fully saturated rings. The SMILES string of the molecule is CCCCCCCCCCCC1=C(O)c2nc3ccccc3c(-c3ccsc3)c2C(=O)C1=O. The molecule has 172 valence electrons.